The molecule has 3 nitrogen and oxygen atoms in total. The van der Waals surface area contributed by atoms with E-state index in [1.54, 1.807) is 4.90 Å². The maximum atomic E-state index is 12.2. The molecule has 3 heteroatoms. The van der Waals surface area contributed by atoms with Gasteiger partial charge in [0, 0.05) is 19.0 Å². The van der Waals surface area contributed by atoms with Crippen molar-refractivity contribution in [3.8, 4) is 0 Å². The number of likely N-dealkylation sites (N-methyl/N-ethyl adjacent to an activating group) is 1. The van der Waals surface area contributed by atoms with Crippen LogP contribution in [0, 0.1) is 5.41 Å². The fraction of sp³-hybridized carbons (Fsp3) is 0.750. The number of carbonyl (C=O) groups is 1. The van der Waals surface area contributed by atoms with Crippen molar-refractivity contribution in [1.82, 2.24) is 10.2 Å². The lowest BCUT2D eigenvalue weighted by Crippen LogP contribution is -2.46. The number of piperidine rings is 1. The predicted octanol–water partition coefficient (Wildman–Crippen LogP) is 1.41. The maximum absolute atomic E-state index is 12.2. The van der Waals surface area contributed by atoms with E-state index < -0.39 is 0 Å². The molecule has 0 aromatic carbocycles. The van der Waals surface area contributed by atoms with Gasteiger partial charge in [-0.15, -0.1) is 0 Å². The molecule has 15 heavy (non-hydrogen) atoms. The van der Waals surface area contributed by atoms with Gasteiger partial charge in [-0.2, -0.15) is 0 Å². The predicted molar refractivity (Wildman–Crippen MR) is 62.7 cm³/mol. The van der Waals surface area contributed by atoms with Gasteiger partial charge in [0.25, 0.3) is 0 Å². The molecule has 86 valence electrons. The molecule has 1 amide bonds. The van der Waals surface area contributed by atoms with Gasteiger partial charge < -0.3 is 10.2 Å². The summed E-state index contributed by atoms with van der Waals surface area (Å²) < 4.78 is 0. The molecule has 1 fully saturated rings. The van der Waals surface area contributed by atoms with Crippen LogP contribution in [0.1, 0.15) is 26.7 Å². The number of amides is 1. The molecule has 1 saturated heterocycles. The molecule has 0 spiro atoms. The minimum atomic E-state index is -0.171. The first-order valence-corrected chi connectivity index (χ1v) is 5.56. The minimum Gasteiger partial charge on any atom is -0.341 e. The van der Waals surface area contributed by atoms with E-state index in [9.17, 15) is 4.79 Å². The molecule has 0 aromatic rings. The van der Waals surface area contributed by atoms with Crippen molar-refractivity contribution in [2.45, 2.75) is 26.7 Å². The molecule has 0 atom stereocenters. The van der Waals surface area contributed by atoms with Gasteiger partial charge in [-0.3, -0.25) is 4.79 Å². The van der Waals surface area contributed by atoms with Gasteiger partial charge in [0.2, 0.25) is 5.91 Å². The highest BCUT2D eigenvalue weighted by Gasteiger charge is 2.36. The Balaban J connectivity index is 2.61. The number of nitrogens with zero attached hydrogens (tertiary/aromatic N) is 1. The SMILES string of the molecule is C=C(C)CN(C)C(=O)C1(C)CCNCC1. The highest BCUT2D eigenvalue weighted by atomic mass is 16.2. The summed E-state index contributed by atoms with van der Waals surface area (Å²) in [4.78, 5) is 14.0. The molecule has 1 aliphatic heterocycles. The van der Waals surface area contributed by atoms with E-state index in [0.717, 1.165) is 31.5 Å². The van der Waals surface area contributed by atoms with Gasteiger partial charge in [-0.25, -0.2) is 0 Å². The highest BCUT2D eigenvalue weighted by molar-refractivity contribution is 5.82. The van der Waals surface area contributed by atoms with Crippen LogP contribution in [0.5, 0.6) is 0 Å². The Hall–Kier alpha value is -0.830. The number of carbonyl (C=O) groups excluding carboxylic acids is 1. The second-order valence-corrected chi connectivity index (χ2v) is 4.93. The van der Waals surface area contributed by atoms with Gasteiger partial charge in [0.1, 0.15) is 0 Å². The van der Waals surface area contributed by atoms with Crippen LogP contribution in [0.25, 0.3) is 0 Å². The third kappa shape index (κ3) is 3.06. The molecular weight excluding hydrogens is 188 g/mol. The van der Waals surface area contributed by atoms with Crippen LogP contribution in [-0.2, 0) is 4.79 Å². The summed E-state index contributed by atoms with van der Waals surface area (Å²) in [5.41, 5.74) is 0.860. The molecule has 1 rings (SSSR count). The zero-order valence-corrected chi connectivity index (χ0v) is 10.1. The topological polar surface area (TPSA) is 32.3 Å². The molecule has 1 heterocycles. The fourth-order valence-electron chi connectivity index (χ4n) is 2.13. The first-order chi connectivity index (χ1) is 6.96. The second-order valence-electron chi connectivity index (χ2n) is 4.93. The zero-order chi connectivity index (χ0) is 11.5. The van der Waals surface area contributed by atoms with Gasteiger partial charge in [0.15, 0.2) is 0 Å². The lowest BCUT2D eigenvalue weighted by molar-refractivity contribution is -0.140. The van der Waals surface area contributed by atoms with Crippen LogP contribution in [0.15, 0.2) is 12.2 Å². The first kappa shape index (κ1) is 12.2. The van der Waals surface area contributed by atoms with E-state index in [1.807, 2.05) is 14.0 Å². The van der Waals surface area contributed by atoms with Gasteiger partial charge >= 0.3 is 0 Å². The Bertz CT molecular complexity index is 254. The minimum absolute atomic E-state index is 0.171. The summed E-state index contributed by atoms with van der Waals surface area (Å²) in [7, 11) is 1.87. The smallest absolute Gasteiger partial charge is 0.228 e. The molecule has 1 aliphatic rings. The maximum Gasteiger partial charge on any atom is 0.228 e. The van der Waals surface area contributed by atoms with Crippen LogP contribution in [0.2, 0.25) is 0 Å². The van der Waals surface area contributed by atoms with Crippen molar-refractivity contribution in [3.05, 3.63) is 12.2 Å². The highest BCUT2D eigenvalue weighted by Crippen LogP contribution is 2.30. The summed E-state index contributed by atoms with van der Waals surface area (Å²) in [6.07, 6.45) is 1.87. The average molecular weight is 210 g/mol. The summed E-state index contributed by atoms with van der Waals surface area (Å²) in [6, 6.07) is 0. The molecule has 0 saturated carbocycles. The van der Waals surface area contributed by atoms with Crippen molar-refractivity contribution >= 4 is 5.91 Å². The van der Waals surface area contributed by atoms with E-state index in [2.05, 4.69) is 18.8 Å². The Morgan fingerprint density at radius 2 is 2.00 bits per heavy atom. The molecule has 0 radical (unpaired) electrons. The van der Waals surface area contributed by atoms with Gasteiger partial charge in [-0.05, 0) is 32.9 Å². The van der Waals surface area contributed by atoms with Crippen LogP contribution >= 0.6 is 0 Å². The Morgan fingerprint density at radius 3 is 2.47 bits per heavy atom. The van der Waals surface area contributed by atoms with Gasteiger partial charge in [0.05, 0.1) is 0 Å². The summed E-state index contributed by atoms with van der Waals surface area (Å²) in [5, 5.41) is 3.29. The lowest BCUT2D eigenvalue weighted by Gasteiger charge is -2.36. The van der Waals surface area contributed by atoms with Crippen molar-refractivity contribution in [3.63, 3.8) is 0 Å². The number of rotatable bonds is 3. The van der Waals surface area contributed by atoms with E-state index in [-0.39, 0.29) is 11.3 Å². The largest absolute Gasteiger partial charge is 0.341 e. The summed E-state index contributed by atoms with van der Waals surface area (Å²) in [6.45, 7) is 10.4. The number of nitrogens with one attached hydrogen (secondary N) is 1. The first-order valence-electron chi connectivity index (χ1n) is 5.56. The third-order valence-corrected chi connectivity index (χ3v) is 3.08. The van der Waals surface area contributed by atoms with Crippen LogP contribution < -0.4 is 5.32 Å². The lowest BCUT2D eigenvalue weighted by atomic mass is 9.79. The van der Waals surface area contributed by atoms with Crippen molar-refractivity contribution in [2.24, 2.45) is 5.41 Å². The molecule has 0 aromatic heterocycles. The number of hydrogen-bond donors (Lipinski definition) is 1. The Labute approximate surface area is 92.5 Å². The summed E-state index contributed by atoms with van der Waals surface area (Å²) >= 11 is 0. The van der Waals surface area contributed by atoms with Gasteiger partial charge in [-0.1, -0.05) is 19.1 Å². The number of hydrogen-bond acceptors (Lipinski definition) is 2. The van der Waals surface area contributed by atoms with Crippen LogP contribution in [-0.4, -0.2) is 37.5 Å². The normalized spacial score (nSPS) is 19.7. The van der Waals surface area contributed by atoms with E-state index in [4.69, 9.17) is 0 Å². The molecule has 0 unspecified atom stereocenters. The van der Waals surface area contributed by atoms with Crippen molar-refractivity contribution in [1.29, 1.82) is 0 Å². The van der Waals surface area contributed by atoms with Crippen molar-refractivity contribution in [2.75, 3.05) is 26.7 Å². The van der Waals surface area contributed by atoms with E-state index in [1.165, 1.54) is 0 Å². The molecule has 1 N–H and O–H groups in total. The average Bonchev–Trinajstić information content (AvgIpc) is 2.16. The zero-order valence-electron chi connectivity index (χ0n) is 10.1. The van der Waals surface area contributed by atoms with Crippen LogP contribution in [0.4, 0.5) is 0 Å². The van der Waals surface area contributed by atoms with E-state index in [0.29, 0.717) is 6.54 Å². The quantitative estimate of drug-likeness (QED) is 0.714. The second kappa shape index (κ2) is 4.79. The Kier molecular flexibility index (Phi) is 3.91. The van der Waals surface area contributed by atoms with Crippen LogP contribution in [0.3, 0.4) is 0 Å². The molecule has 0 aliphatic carbocycles. The molecular formula is C12H22N2O. The van der Waals surface area contributed by atoms with Crippen molar-refractivity contribution < 1.29 is 4.79 Å². The van der Waals surface area contributed by atoms with E-state index >= 15 is 0 Å². The fourth-order valence-corrected chi connectivity index (χ4v) is 2.13. The molecule has 0 bridgehead atoms. The Morgan fingerprint density at radius 1 is 1.47 bits per heavy atom. The third-order valence-electron chi connectivity index (χ3n) is 3.08. The summed E-state index contributed by atoms with van der Waals surface area (Å²) in [5.74, 6) is 0.256. The standard InChI is InChI=1S/C12H22N2O/c1-10(2)9-14(4)11(15)12(3)5-7-13-8-6-12/h13H,1,5-9H2,2-4H3. The monoisotopic (exact) mass is 210 g/mol.